The zero-order valence-corrected chi connectivity index (χ0v) is 13.8. The summed E-state index contributed by atoms with van der Waals surface area (Å²) in [5, 5.41) is 5.47. The summed E-state index contributed by atoms with van der Waals surface area (Å²) in [4.78, 5) is 25.8. The lowest BCUT2D eigenvalue weighted by Crippen LogP contribution is -2.37. The van der Waals surface area contributed by atoms with Crippen molar-refractivity contribution in [3.05, 3.63) is 0 Å². The Balaban J connectivity index is 3.42. The molecular formula is C14H30N4O3. The lowest BCUT2D eigenvalue weighted by atomic mass is 10.4. The van der Waals surface area contributed by atoms with Gasteiger partial charge >= 0.3 is 0 Å². The van der Waals surface area contributed by atoms with E-state index in [1.165, 1.54) is 13.8 Å². The lowest BCUT2D eigenvalue weighted by Gasteiger charge is -2.22. The van der Waals surface area contributed by atoms with Crippen molar-refractivity contribution in [3.63, 3.8) is 0 Å². The van der Waals surface area contributed by atoms with Crippen LogP contribution in [0.3, 0.4) is 0 Å². The molecule has 0 saturated heterocycles. The van der Waals surface area contributed by atoms with Crippen LogP contribution >= 0.6 is 0 Å². The quantitative estimate of drug-likeness (QED) is 0.459. The number of hydrogen-bond acceptors (Lipinski definition) is 5. The standard InChI is InChI=1S/C14H30N4O3/c1-13(19)15-5-7-17(3)8-9-18(4)10-12-21-11-6-16-14(2)20/h5-12H2,1-4H3,(H,15,19)(H,16,20). The molecule has 0 aliphatic heterocycles. The molecule has 0 unspecified atom stereocenters. The van der Waals surface area contributed by atoms with Crippen LogP contribution in [0.5, 0.6) is 0 Å². The minimum absolute atomic E-state index is 0.0110. The molecule has 7 nitrogen and oxygen atoms in total. The van der Waals surface area contributed by atoms with Gasteiger partial charge < -0.3 is 25.2 Å². The van der Waals surface area contributed by atoms with Gasteiger partial charge in [0.1, 0.15) is 0 Å². The summed E-state index contributed by atoms with van der Waals surface area (Å²) in [6, 6.07) is 0. The topological polar surface area (TPSA) is 73.9 Å². The Bertz CT molecular complexity index is 300. The second-order valence-corrected chi connectivity index (χ2v) is 5.18. The van der Waals surface area contributed by atoms with E-state index in [1.807, 2.05) is 7.05 Å². The van der Waals surface area contributed by atoms with Gasteiger partial charge in [0.25, 0.3) is 0 Å². The van der Waals surface area contributed by atoms with Crippen molar-refractivity contribution in [1.82, 2.24) is 20.4 Å². The summed E-state index contributed by atoms with van der Waals surface area (Å²) in [6.07, 6.45) is 0. The van der Waals surface area contributed by atoms with E-state index in [0.717, 1.165) is 26.2 Å². The molecule has 2 amide bonds. The Labute approximate surface area is 128 Å². The summed E-state index contributed by atoms with van der Waals surface area (Å²) >= 11 is 0. The minimum Gasteiger partial charge on any atom is -0.378 e. The molecule has 0 rings (SSSR count). The van der Waals surface area contributed by atoms with Crippen LogP contribution in [0, 0.1) is 0 Å². The molecule has 0 aromatic carbocycles. The van der Waals surface area contributed by atoms with Crippen LogP contribution in [0.25, 0.3) is 0 Å². The number of amides is 2. The van der Waals surface area contributed by atoms with Gasteiger partial charge in [-0.05, 0) is 14.1 Å². The molecule has 0 radical (unpaired) electrons. The van der Waals surface area contributed by atoms with Gasteiger partial charge in [0.15, 0.2) is 0 Å². The average molecular weight is 302 g/mol. The molecule has 0 saturated carbocycles. The van der Waals surface area contributed by atoms with Crippen molar-refractivity contribution < 1.29 is 14.3 Å². The lowest BCUT2D eigenvalue weighted by molar-refractivity contribution is -0.119. The Morgan fingerprint density at radius 1 is 0.810 bits per heavy atom. The highest BCUT2D eigenvalue weighted by Gasteiger charge is 2.02. The Hall–Kier alpha value is -1.18. The number of nitrogens with one attached hydrogen (secondary N) is 2. The highest BCUT2D eigenvalue weighted by molar-refractivity contribution is 5.73. The summed E-state index contributed by atoms with van der Waals surface area (Å²) in [6.45, 7) is 9.08. The summed E-state index contributed by atoms with van der Waals surface area (Å²) in [5.41, 5.74) is 0. The first-order valence-electron chi connectivity index (χ1n) is 7.35. The van der Waals surface area contributed by atoms with Crippen LogP contribution < -0.4 is 10.6 Å². The number of ether oxygens (including phenoxy) is 1. The van der Waals surface area contributed by atoms with E-state index in [1.54, 1.807) is 0 Å². The molecular weight excluding hydrogens is 272 g/mol. The van der Waals surface area contributed by atoms with E-state index in [-0.39, 0.29) is 11.8 Å². The van der Waals surface area contributed by atoms with Gasteiger partial charge in [0.2, 0.25) is 11.8 Å². The van der Waals surface area contributed by atoms with Crippen molar-refractivity contribution in [3.8, 4) is 0 Å². The Kier molecular flexibility index (Phi) is 11.8. The predicted molar refractivity (Wildman–Crippen MR) is 83.2 cm³/mol. The third-order valence-electron chi connectivity index (χ3n) is 2.97. The van der Waals surface area contributed by atoms with Gasteiger partial charge in [-0.15, -0.1) is 0 Å². The number of likely N-dealkylation sites (N-methyl/N-ethyl adjacent to an activating group) is 2. The number of nitrogens with zero attached hydrogens (tertiary/aromatic N) is 2. The van der Waals surface area contributed by atoms with E-state index in [9.17, 15) is 9.59 Å². The van der Waals surface area contributed by atoms with Gasteiger partial charge in [-0.1, -0.05) is 0 Å². The van der Waals surface area contributed by atoms with E-state index < -0.39 is 0 Å². The van der Waals surface area contributed by atoms with Crippen LogP contribution in [0.1, 0.15) is 13.8 Å². The average Bonchev–Trinajstić information content (AvgIpc) is 2.39. The number of rotatable bonds is 12. The van der Waals surface area contributed by atoms with Gasteiger partial charge in [0, 0.05) is 53.1 Å². The normalized spacial score (nSPS) is 11.0. The highest BCUT2D eigenvalue weighted by atomic mass is 16.5. The first-order valence-corrected chi connectivity index (χ1v) is 7.35. The molecule has 0 bridgehead atoms. The largest absolute Gasteiger partial charge is 0.378 e. The van der Waals surface area contributed by atoms with E-state index in [2.05, 4.69) is 27.5 Å². The first-order chi connectivity index (χ1) is 9.91. The van der Waals surface area contributed by atoms with Crippen LogP contribution in [-0.2, 0) is 14.3 Å². The second-order valence-electron chi connectivity index (χ2n) is 5.18. The second kappa shape index (κ2) is 12.6. The molecule has 0 spiro atoms. The van der Waals surface area contributed by atoms with Crippen LogP contribution in [-0.4, -0.2) is 88.2 Å². The predicted octanol–water partition coefficient (Wildman–Crippen LogP) is -0.861. The van der Waals surface area contributed by atoms with Gasteiger partial charge in [-0.3, -0.25) is 9.59 Å². The fourth-order valence-electron chi connectivity index (χ4n) is 1.61. The van der Waals surface area contributed by atoms with Gasteiger partial charge in [-0.2, -0.15) is 0 Å². The fourth-order valence-corrected chi connectivity index (χ4v) is 1.61. The third kappa shape index (κ3) is 15.0. The Morgan fingerprint density at radius 3 is 1.90 bits per heavy atom. The summed E-state index contributed by atoms with van der Waals surface area (Å²) in [7, 11) is 4.10. The highest BCUT2D eigenvalue weighted by Crippen LogP contribution is 1.87. The minimum atomic E-state index is -0.0296. The maximum absolute atomic E-state index is 10.7. The molecule has 0 fully saturated rings. The maximum Gasteiger partial charge on any atom is 0.216 e. The van der Waals surface area contributed by atoms with Crippen molar-refractivity contribution in [2.24, 2.45) is 0 Å². The molecule has 0 aromatic heterocycles. The third-order valence-corrected chi connectivity index (χ3v) is 2.97. The maximum atomic E-state index is 10.7. The number of carbonyl (C=O) groups is 2. The summed E-state index contributed by atoms with van der Waals surface area (Å²) < 4.78 is 5.44. The van der Waals surface area contributed by atoms with Crippen LogP contribution in [0.4, 0.5) is 0 Å². The number of carbonyl (C=O) groups excluding carboxylic acids is 2. The monoisotopic (exact) mass is 302 g/mol. The van der Waals surface area contributed by atoms with Crippen molar-refractivity contribution in [2.75, 3.05) is 66.6 Å². The van der Waals surface area contributed by atoms with Gasteiger partial charge in [-0.25, -0.2) is 0 Å². The molecule has 21 heavy (non-hydrogen) atoms. The Morgan fingerprint density at radius 2 is 1.33 bits per heavy atom. The van der Waals surface area contributed by atoms with Gasteiger partial charge in [0.05, 0.1) is 13.2 Å². The zero-order chi connectivity index (χ0) is 16.1. The molecule has 0 aliphatic carbocycles. The number of hydrogen-bond donors (Lipinski definition) is 2. The van der Waals surface area contributed by atoms with E-state index >= 15 is 0 Å². The summed E-state index contributed by atoms with van der Waals surface area (Å²) in [5.74, 6) is -0.0186. The SMILES string of the molecule is CC(=O)NCCOCCN(C)CCN(C)CCNC(C)=O. The smallest absolute Gasteiger partial charge is 0.216 e. The molecule has 0 aromatic rings. The first kappa shape index (κ1) is 19.8. The molecule has 0 heterocycles. The molecule has 7 heteroatoms. The van der Waals surface area contributed by atoms with Crippen LogP contribution in [0.15, 0.2) is 0 Å². The van der Waals surface area contributed by atoms with Crippen molar-refractivity contribution in [2.45, 2.75) is 13.8 Å². The molecule has 2 N–H and O–H groups in total. The fraction of sp³-hybridized carbons (Fsp3) is 0.857. The van der Waals surface area contributed by atoms with Crippen LogP contribution in [0.2, 0.25) is 0 Å². The van der Waals surface area contributed by atoms with E-state index in [4.69, 9.17) is 4.74 Å². The van der Waals surface area contributed by atoms with Crippen molar-refractivity contribution >= 4 is 11.8 Å². The molecule has 0 atom stereocenters. The molecule has 0 aliphatic rings. The zero-order valence-electron chi connectivity index (χ0n) is 13.8. The van der Waals surface area contributed by atoms with E-state index in [0.29, 0.717) is 26.3 Å². The molecule has 124 valence electrons. The van der Waals surface area contributed by atoms with Crippen molar-refractivity contribution in [1.29, 1.82) is 0 Å².